The van der Waals surface area contributed by atoms with Crippen LogP contribution in [0, 0.1) is 0 Å². The van der Waals surface area contributed by atoms with Gasteiger partial charge >= 0.3 is 6.03 Å². The Bertz CT molecular complexity index is 561. The smallest absolute Gasteiger partial charge is 0.317 e. The molecule has 1 saturated carbocycles. The number of amides is 2. The van der Waals surface area contributed by atoms with Crippen molar-refractivity contribution in [2.75, 3.05) is 44.2 Å². The van der Waals surface area contributed by atoms with Crippen LogP contribution in [-0.4, -0.2) is 66.6 Å². The number of nitrogens with zero attached hydrogens (tertiary/aromatic N) is 4. The molecule has 24 heavy (non-hydrogen) atoms. The van der Waals surface area contributed by atoms with Gasteiger partial charge in [0.15, 0.2) is 5.82 Å². The minimum absolute atomic E-state index is 0.0142. The summed E-state index contributed by atoms with van der Waals surface area (Å²) in [5, 5.41) is 11.7. The Morgan fingerprint density at radius 3 is 2.62 bits per heavy atom. The molecule has 3 heterocycles. The number of carbonyl (C=O) groups excluding carboxylic acids is 1. The number of aromatic nitrogens is 2. The number of hydrogen-bond acceptors (Lipinski definition) is 5. The zero-order valence-electron chi connectivity index (χ0n) is 14.0. The molecule has 1 N–H and O–H groups in total. The lowest BCUT2D eigenvalue weighted by Crippen LogP contribution is -2.52. The van der Waals surface area contributed by atoms with E-state index in [1.54, 1.807) is 0 Å². The average Bonchev–Trinajstić information content (AvgIpc) is 3.36. The number of piperazine rings is 1. The normalized spacial score (nSPS) is 24.2. The fourth-order valence-corrected chi connectivity index (χ4v) is 3.36. The maximum atomic E-state index is 12.2. The van der Waals surface area contributed by atoms with E-state index in [4.69, 9.17) is 4.74 Å². The number of ether oxygens (including phenoxy) is 1. The quantitative estimate of drug-likeness (QED) is 0.902. The van der Waals surface area contributed by atoms with Gasteiger partial charge in [-0.25, -0.2) is 4.79 Å². The van der Waals surface area contributed by atoms with Crippen molar-refractivity contribution in [1.82, 2.24) is 20.4 Å². The molecule has 1 aliphatic carbocycles. The molecule has 0 unspecified atom stereocenters. The fraction of sp³-hybridized carbons (Fsp3) is 0.706. The molecule has 0 spiro atoms. The third kappa shape index (κ3) is 3.61. The van der Waals surface area contributed by atoms with E-state index in [1.165, 1.54) is 12.8 Å². The monoisotopic (exact) mass is 331 g/mol. The van der Waals surface area contributed by atoms with Gasteiger partial charge in [-0.15, -0.1) is 5.10 Å². The predicted molar refractivity (Wildman–Crippen MR) is 90.2 cm³/mol. The molecule has 0 bridgehead atoms. The number of hydrogen-bond donors (Lipinski definition) is 1. The van der Waals surface area contributed by atoms with Crippen molar-refractivity contribution >= 4 is 11.8 Å². The summed E-state index contributed by atoms with van der Waals surface area (Å²) in [6, 6.07) is 4.18. The van der Waals surface area contributed by atoms with Gasteiger partial charge in [0.2, 0.25) is 0 Å². The molecule has 2 saturated heterocycles. The molecule has 3 fully saturated rings. The average molecular weight is 331 g/mol. The summed E-state index contributed by atoms with van der Waals surface area (Å²) in [5.74, 6) is 1.55. The first-order valence-corrected chi connectivity index (χ1v) is 9.02. The molecule has 2 amide bonds. The number of urea groups is 1. The molecule has 1 aromatic heterocycles. The highest BCUT2D eigenvalue weighted by Gasteiger charge is 2.26. The van der Waals surface area contributed by atoms with Crippen molar-refractivity contribution in [3.8, 4) is 0 Å². The Morgan fingerprint density at radius 2 is 2.00 bits per heavy atom. The lowest BCUT2D eigenvalue weighted by atomic mass is 10.2. The van der Waals surface area contributed by atoms with Crippen LogP contribution in [-0.2, 0) is 4.74 Å². The largest absolute Gasteiger partial charge is 0.376 e. The lowest BCUT2D eigenvalue weighted by molar-refractivity contribution is 0.108. The topological polar surface area (TPSA) is 70.6 Å². The first-order valence-electron chi connectivity index (χ1n) is 9.02. The van der Waals surface area contributed by atoms with Crippen LogP contribution in [0.4, 0.5) is 10.6 Å². The zero-order valence-corrected chi connectivity index (χ0v) is 14.0. The van der Waals surface area contributed by atoms with Crippen molar-refractivity contribution in [2.45, 2.75) is 37.7 Å². The van der Waals surface area contributed by atoms with Crippen LogP contribution in [0.25, 0.3) is 0 Å². The Kier molecular flexibility index (Phi) is 4.51. The van der Waals surface area contributed by atoms with Gasteiger partial charge in [-0.05, 0) is 37.8 Å². The lowest BCUT2D eigenvalue weighted by Gasteiger charge is -2.35. The maximum absolute atomic E-state index is 12.2. The highest BCUT2D eigenvalue weighted by molar-refractivity contribution is 5.74. The SMILES string of the molecule is O=C(NC[C@@H]1CCCO1)N1CCN(c2ccc(C3CC3)nn2)CC1. The Labute approximate surface area is 142 Å². The van der Waals surface area contributed by atoms with Crippen LogP contribution >= 0.6 is 0 Å². The molecular weight excluding hydrogens is 306 g/mol. The summed E-state index contributed by atoms with van der Waals surface area (Å²) in [4.78, 5) is 16.3. The summed E-state index contributed by atoms with van der Waals surface area (Å²) < 4.78 is 5.54. The number of anilines is 1. The van der Waals surface area contributed by atoms with E-state index in [-0.39, 0.29) is 12.1 Å². The fourth-order valence-electron chi connectivity index (χ4n) is 3.36. The van der Waals surface area contributed by atoms with Crippen LogP contribution in [0.3, 0.4) is 0 Å². The van der Waals surface area contributed by atoms with Crippen molar-refractivity contribution in [2.24, 2.45) is 0 Å². The van der Waals surface area contributed by atoms with Gasteiger partial charge < -0.3 is 19.9 Å². The van der Waals surface area contributed by atoms with E-state index in [1.807, 2.05) is 4.90 Å². The van der Waals surface area contributed by atoms with Crippen LogP contribution in [0.2, 0.25) is 0 Å². The van der Waals surface area contributed by atoms with Crippen molar-refractivity contribution < 1.29 is 9.53 Å². The van der Waals surface area contributed by atoms with Gasteiger partial charge in [-0.2, -0.15) is 5.10 Å². The predicted octanol–water partition coefficient (Wildman–Crippen LogP) is 1.36. The van der Waals surface area contributed by atoms with Crippen LogP contribution in [0.15, 0.2) is 12.1 Å². The van der Waals surface area contributed by atoms with E-state index in [2.05, 4.69) is 32.5 Å². The highest BCUT2D eigenvalue weighted by Crippen LogP contribution is 2.38. The third-order valence-corrected chi connectivity index (χ3v) is 5.06. The number of rotatable bonds is 4. The van der Waals surface area contributed by atoms with E-state index >= 15 is 0 Å². The van der Waals surface area contributed by atoms with Crippen LogP contribution < -0.4 is 10.2 Å². The molecule has 0 radical (unpaired) electrons. The van der Waals surface area contributed by atoms with E-state index in [0.717, 1.165) is 44.0 Å². The van der Waals surface area contributed by atoms with Gasteiger partial charge in [-0.3, -0.25) is 0 Å². The van der Waals surface area contributed by atoms with Gasteiger partial charge in [0.05, 0.1) is 11.8 Å². The highest BCUT2D eigenvalue weighted by atomic mass is 16.5. The molecule has 7 heteroatoms. The molecule has 4 rings (SSSR count). The summed E-state index contributed by atoms with van der Waals surface area (Å²) in [6.07, 6.45) is 4.82. The summed E-state index contributed by atoms with van der Waals surface area (Å²) >= 11 is 0. The standard InChI is InChI=1S/C17H25N5O2/c23-17(18-12-14-2-1-11-24-14)22-9-7-21(8-10-22)16-6-5-15(19-20-16)13-3-4-13/h5-6,13-14H,1-4,7-12H2,(H,18,23)/t14-/m0/s1. The first-order chi connectivity index (χ1) is 11.8. The number of carbonyl (C=O) groups is 1. The van der Waals surface area contributed by atoms with Crippen LogP contribution in [0.5, 0.6) is 0 Å². The third-order valence-electron chi connectivity index (χ3n) is 5.06. The molecular formula is C17H25N5O2. The van der Waals surface area contributed by atoms with Gasteiger partial charge in [-0.1, -0.05) is 0 Å². The van der Waals surface area contributed by atoms with E-state index < -0.39 is 0 Å². The molecule has 7 nitrogen and oxygen atoms in total. The maximum Gasteiger partial charge on any atom is 0.317 e. The number of nitrogens with one attached hydrogen (secondary N) is 1. The second-order valence-electron chi connectivity index (χ2n) is 6.89. The van der Waals surface area contributed by atoms with Gasteiger partial charge in [0.25, 0.3) is 0 Å². The van der Waals surface area contributed by atoms with Crippen molar-refractivity contribution in [3.05, 3.63) is 17.8 Å². The van der Waals surface area contributed by atoms with E-state index in [9.17, 15) is 4.79 Å². The molecule has 0 aromatic carbocycles. The Balaban J connectivity index is 1.24. The summed E-state index contributed by atoms with van der Waals surface area (Å²) in [7, 11) is 0. The Hall–Kier alpha value is -1.89. The van der Waals surface area contributed by atoms with Crippen molar-refractivity contribution in [1.29, 1.82) is 0 Å². The minimum Gasteiger partial charge on any atom is -0.376 e. The summed E-state index contributed by atoms with van der Waals surface area (Å²) in [5.41, 5.74) is 1.12. The molecule has 130 valence electrons. The van der Waals surface area contributed by atoms with Crippen molar-refractivity contribution in [3.63, 3.8) is 0 Å². The second-order valence-corrected chi connectivity index (χ2v) is 6.89. The van der Waals surface area contributed by atoms with Gasteiger partial charge in [0, 0.05) is 45.2 Å². The van der Waals surface area contributed by atoms with Gasteiger partial charge in [0.1, 0.15) is 0 Å². The van der Waals surface area contributed by atoms with E-state index in [0.29, 0.717) is 25.6 Å². The molecule has 1 atom stereocenters. The first kappa shape index (κ1) is 15.6. The zero-order chi connectivity index (χ0) is 16.4. The Morgan fingerprint density at radius 1 is 1.17 bits per heavy atom. The van der Waals surface area contributed by atoms with Crippen LogP contribution in [0.1, 0.15) is 37.3 Å². The molecule has 3 aliphatic rings. The minimum atomic E-state index is 0.0142. The molecule has 1 aromatic rings. The molecule has 2 aliphatic heterocycles. The summed E-state index contributed by atoms with van der Waals surface area (Å²) in [6.45, 7) is 4.45. The second kappa shape index (κ2) is 6.93.